The fraction of sp³-hybridized carbons (Fsp3) is 0.583. The Labute approximate surface area is 106 Å². The first-order valence-electron chi connectivity index (χ1n) is 5.38. The Morgan fingerprint density at radius 2 is 2.18 bits per heavy atom. The Kier molecular flexibility index (Phi) is 4.51. The zero-order chi connectivity index (χ0) is 13.1. The van der Waals surface area contributed by atoms with E-state index in [4.69, 9.17) is 4.74 Å². The lowest BCUT2D eigenvalue weighted by Crippen LogP contribution is -2.26. The molecule has 94 valence electrons. The maximum absolute atomic E-state index is 11.8. The smallest absolute Gasteiger partial charge is 0.303 e. The van der Waals surface area contributed by atoms with Gasteiger partial charge in [0.25, 0.3) is 0 Å². The molecule has 0 bridgehead atoms. The van der Waals surface area contributed by atoms with Gasteiger partial charge in [-0.25, -0.2) is 0 Å². The second-order valence-corrected chi connectivity index (χ2v) is 6.72. The van der Waals surface area contributed by atoms with E-state index in [0.717, 1.165) is 0 Å². The third-order valence-electron chi connectivity index (χ3n) is 1.87. The van der Waals surface area contributed by atoms with E-state index >= 15 is 0 Å². The molecular formula is C12H17NO3S. The highest BCUT2D eigenvalue weighted by Gasteiger charge is 2.25. The number of allylic oxidation sites excluding steroid dienone is 1. The summed E-state index contributed by atoms with van der Waals surface area (Å²) in [4.78, 5) is 26.6. The first-order valence-corrected chi connectivity index (χ1v) is 6.26. The largest absolute Gasteiger partial charge is 0.459 e. The first-order chi connectivity index (χ1) is 7.78. The standard InChI is InChI=1S/C12H17NO3S/c1-8(14)16-7-9-5-10(15)11(6-13-9)17-12(2,3)4/h5-6,11H,7H2,1-4H3. The number of carbonyl (C=O) groups excluding carboxylic acids is 2. The summed E-state index contributed by atoms with van der Waals surface area (Å²) in [6, 6.07) is 0. The van der Waals surface area contributed by atoms with Gasteiger partial charge >= 0.3 is 5.97 Å². The van der Waals surface area contributed by atoms with Crippen LogP contribution in [0.15, 0.2) is 16.8 Å². The van der Waals surface area contributed by atoms with Gasteiger partial charge in [-0.3, -0.25) is 14.6 Å². The number of esters is 1. The zero-order valence-corrected chi connectivity index (χ0v) is 11.3. The van der Waals surface area contributed by atoms with Gasteiger partial charge in [-0.15, -0.1) is 11.8 Å². The normalized spacial score (nSPS) is 20.1. The van der Waals surface area contributed by atoms with E-state index in [1.165, 1.54) is 13.0 Å². The van der Waals surface area contributed by atoms with Crippen LogP contribution in [0.2, 0.25) is 0 Å². The van der Waals surface area contributed by atoms with E-state index in [2.05, 4.69) is 25.8 Å². The van der Waals surface area contributed by atoms with Crippen LogP contribution < -0.4 is 0 Å². The lowest BCUT2D eigenvalue weighted by Gasteiger charge is -2.23. The second-order valence-electron chi connectivity index (χ2n) is 4.75. The van der Waals surface area contributed by atoms with Gasteiger partial charge in [0, 0.05) is 24.0 Å². The average Bonchev–Trinajstić information content (AvgIpc) is 2.17. The minimum atomic E-state index is -0.375. The van der Waals surface area contributed by atoms with Gasteiger partial charge < -0.3 is 4.74 Å². The van der Waals surface area contributed by atoms with Crippen molar-refractivity contribution in [2.45, 2.75) is 37.7 Å². The molecule has 1 atom stereocenters. The molecule has 0 aromatic carbocycles. The van der Waals surface area contributed by atoms with Crippen molar-refractivity contribution < 1.29 is 14.3 Å². The van der Waals surface area contributed by atoms with Crippen molar-refractivity contribution in [3.8, 4) is 0 Å². The van der Waals surface area contributed by atoms with Crippen LogP contribution in [0.25, 0.3) is 0 Å². The van der Waals surface area contributed by atoms with Gasteiger partial charge in [0.15, 0.2) is 5.78 Å². The summed E-state index contributed by atoms with van der Waals surface area (Å²) in [7, 11) is 0. The van der Waals surface area contributed by atoms with Gasteiger partial charge in [0.2, 0.25) is 0 Å². The average molecular weight is 255 g/mol. The zero-order valence-electron chi connectivity index (χ0n) is 10.5. The van der Waals surface area contributed by atoms with Crippen molar-refractivity contribution in [3.63, 3.8) is 0 Å². The third-order valence-corrected chi connectivity index (χ3v) is 3.18. The summed E-state index contributed by atoms with van der Waals surface area (Å²) in [6.07, 6.45) is 3.07. The van der Waals surface area contributed by atoms with E-state index in [1.807, 2.05) is 0 Å². The summed E-state index contributed by atoms with van der Waals surface area (Å²) in [5, 5.41) is -0.240. The fourth-order valence-electron chi connectivity index (χ4n) is 1.24. The molecule has 0 saturated heterocycles. The number of rotatable bonds is 3. The predicted octanol–water partition coefficient (Wildman–Crippen LogP) is 1.99. The van der Waals surface area contributed by atoms with Crippen molar-refractivity contribution in [1.82, 2.24) is 0 Å². The first kappa shape index (κ1) is 14.0. The number of ether oxygens (including phenoxy) is 1. The summed E-state index contributed by atoms with van der Waals surface area (Å²) in [6.45, 7) is 7.54. The monoisotopic (exact) mass is 255 g/mol. The highest BCUT2D eigenvalue weighted by atomic mass is 32.2. The topological polar surface area (TPSA) is 55.7 Å². The maximum Gasteiger partial charge on any atom is 0.303 e. The predicted molar refractivity (Wildman–Crippen MR) is 69.3 cm³/mol. The molecule has 17 heavy (non-hydrogen) atoms. The van der Waals surface area contributed by atoms with Crippen LogP contribution in [0, 0.1) is 0 Å². The van der Waals surface area contributed by atoms with Crippen LogP contribution in [0.5, 0.6) is 0 Å². The number of thioether (sulfide) groups is 1. The van der Waals surface area contributed by atoms with Crippen LogP contribution in [0.1, 0.15) is 27.7 Å². The van der Waals surface area contributed by atoms with Crippen LogP contribution in [0.4, 0.5) is 0 Å². The minimum Gasteiger partial charge on any atom is -0.459 e. The summed E-state index contributed by atoms with van der Waals surface area (Å²) in [5.41, 5.74) is 0.496. The molecule has 0 spiro atoms. The molecule has 1 aliphatic heterocycles. The molecule has 0 fully saturated rings. The van der Waals surface area contributed by atoms with Crippen molar-refractivity contribution >= 4 is 29.7 Å². The molecule has 0 saturated carbocycles. The Bertz CT molecular complexity index is 380. The number of nitrogens with zero attached hydrogens (tertiary/aromatic N) is 1. The summed E-state index contributed by atoms with van der Waals surface area (Å²) in [5.74, 6) is -0.373. The van der Waals surface area contributed by atoms with E-state index in [1.54, 1.807) is 18.0 Å². The maximum atomic E-state index is 11.8. The van der Waals surface area contributed by atoms with Crippen LogP contribution in [-0.4, -0.2) is 34.6 Å². The highest BCUT2D eigenvalue weighted by Crippen LogP contribution is 2.29. The molecule has 0 N–H and O–H groups in total. The number of carbonyl (C=O) groups is 2. The van der Waals surface area contributed by atoms with Crippen LogP contribution >= 0.6 is 11.8 Å². The van der Waals surface area contributed by atoms with E-state index in [9.17, 15) is 9.59 Å². The van der Waals surface area contributed by atoms with Gasteiger partial charge in [-0.1, -0.05) is 20.8 Å². The van der Waals surface area contributed by atoms with Crippen LogP contribution in [-0.2, 0) is 14.3 Å². The third kappa shape index (κ3) is 5.17. The molecule has 0 aromatic heterocycles. The molecule has 1 unspecified atom stereocenters. The molecule has 0 aliphatic carbocycles. The van der Waals surface area contributed by atoms with Crippen LogP contribution in [0.3, 0.4) is 0 Å². The SMILES string of the molecule is CC(=O)OCC1=CC(=O)C(SC(C)(C)C)C=N1. The Morgan fingerprint density at radius 3 is 2.65 bits per heavy atom. The van der Waals surface area contributed by atoms with E-state index in [0.29, 0.717) is 5.70 Å². The molecular weight excluding hydrogens is 238 g/mol. The lowest BCUT2D eigenvalue weighted by atomic mass is 10.2. The van der Waals surface area contributed by atoms with Gasteiger partial charge in [-0.2, -0.15) is 0 Å². The second kappa shape index (κ2) is 5.49. The molecule has 5 heteroatoms. The van der Waals surface area contributed by atoms with Gasteiger partial charge in [0.1, 0.15) is 11.9 Å². The molecule has 0 amide bonds. The number of hydrogen-bond acceptors (Lipinski definition) is 5. The molecule has 0 radical (unpaired) electrons. The van der Waals surface area contributed by atoms with Crippen molar-refractivity contribution in [1.29, 1.82) is 0 Å². The minimum absolute atomic E-state index is 0.00192. The number of aliphatic imine (C=N–C) groups is 1. The molecule has 1 heterocycles. The van der Waals surface area contributed by atoms with E-state index < -0.39 is 0 Å². The molecule has 0 aromatic rings. The fourth-order valence-corrected chi connectivity index (χ4v) is 2.31. The van der Waals surface area contributed by atoms with Gasteiger partial charge in [0.05, 0.1) is 5.70 Å². The van der Waals surface area contributed by atoms with Crippen molar-refractivity contribution in [2.75, 3.05) is 6.61 Å². The number of ketones is 1. The molecule has 1 rings (SSSR count). The molecule has 4 nitrogen and oxygen atoms in total. The Morgan fingerprint density at radius 1 is 1.53 bits per heavy atom. The molecule has 1 aliphatic rings. The van der Waals surface area contributed by atoms with E-state index in [-0.39, 0.29) is 28.4 Å². The number of hydrogen-bond donors (Lipinski definition) is 0. The Hall–Kier alpha value is -1.10. The van der Waals surface area contributed by atoms with Crippen molar-refractivity contribution in [3.05, 3.63) is 11.8 Å². The quantitative estimate of drug-likeness (QED) is 0.724. The summed E-state index contributed by atoms with van der Waals surface area (Å²) >= 11 is 1.56. The summed E-state index contributed by atoms with van der Waals surface area (Å²) < 4.78 is 4.79. The van der Waals surface area contributed by atoms with Crippen molar-refractivity contribution in [2.24, 2.45) is 4.99 Å². The highest BCUT2D eigenvalue weighted by molar-refractivity contribution is 8.02. The Balaban J connectivity index is 2.58. The lowest BCUT2D eigenvalue weighted by molar-refractivity contribution is -0.140. The van der Waals surface area contributed by atoms with Gasteiger partial charge in [-0.05, 0) is 0 Å².